The van der Waals surface area contributed by atoms with Crippen LogP contribution in [-0.2, 0) is 13.0 Å². The van der Waals surface area contributed by atoms with Gasteiger partial charge in [-0.3, -0.25) is 0 Å². The third kappa shape index (κ3) is 3.55. The van der Waals surface area contributed by atoms with Crippen LogP contribution in [0.3, 0.4) is 0 Å². The van der Waals surface area contributed by atoms with Crippen molar-refractivity contribution in [3.63, 3.8) is 0 Å². The maximum Gasteiger partial charge on any atom is 0.124 e. The molecule has 0 radical (unpaired) electrons. The summed E-state index contributed by atoms with van der Waals surface area (Å²) in [6, 6.07) is 8.40. The molecule has 0 unspecified atom stereocenters. The third-order valence-corrected chi connectivity index (χ3v) is 4.10. The van der Waals surface area contributed by atoms with Crippen molar-refractivity contribution in [3.05, 3.63) is 51.5 Å². The van der Waals surface area contributed by atoms with Gasteiger partial charge in [0.15, 0.2) is 0 Å². The first kappa shape index (κ1) is 14.0. The van der Waals surface area contributed by atoms with Crippen molar-refractivity contribution < 1.29 is 9.13 Å². The highest BCUT2D eigenvalue weighted by Gasteiger charge is 2.10. The lowest BCUT2D eigenvalue weighted by Crippen LogP contribution is -2.08. The van der Waals surface area contributed by atoms with Crippen LogP contribution in [0.1, 0.15) is 35.2 Å². The average Bonchev–Trinajstić information content (AvgIpc) is 2.85. The summed E-state index contributed by atoms with van der Waals surface area (Å²) in [5.74, 6) is 0.367. The van der Waals surface area contributed by atoms with E-state index in [2.05, 4.69) is 19.1 Å². The lowest BCUT2D eigenvalue weighted by atomic mass is 10.1. The third-order valence-electron chi connectivity index (χ3n) is 2.90. The van der Waals surface area contributed by atoms with Crippen LogP contribution in [0.5, 0.6) is 5.75 Å². The number of hydrogen-bond donors (Lipinski definition) is 1. The largest absolute Gasteiger partial charge is 0.488 e. The van der Waals surface area contributed by atoms with E-state index in [1.165, 1.54) is 17.0 Å². The van der Waals surface area contributed by atoms with Gasteiger partial charge in [0, 0.05) is 21.4 Å². The second kappa shape index (κ2) is 6.17. The zero-order chi connectivity index (χ0) is 13.8. The van der Waals surface area contributed by atoms with Gasteiger partial charge in [-0.25, -0.2) is 4.39 Å². The first-order valence-corrected chi connectivity index (χ1v) is 7.17. The van der Waals surface area contributed by atoms with Gasteiger partial charge in [-0.2, -0.15) is 0 Å². The molecule has 2 aromatic rings. The van der Waals surface area contributed by atoms with Crippen LogP contribution in [0.15, 0.2) is 30.3 Å². The standard InChI is InChI=1S/C15H18FNOS/c1-3-12-5-6-13(19-12)9-18-15-7-4-11(16)8-14(15)10(2)17/h4-8,10H,3,9,17H2,1-2H3/t10-/m1/s1. The van der Waals surface area contributed by atoms with E-state index in [0.717, 1.165) is 11.3 Å². The minimum Gasteiger partial charge on any atom is -0.488 e. The smallest absolute Gasteiger partial charge is 0.124 e. The maximum atomic E-state index is 13.2. The quantitative estimate of drug-likeness (QED) is 0.896. The molecule has 0 saturated carbocycles. The van der Waals surface area contributed by atoms with Crippen LogP contribution < -0.4 is 10.5 Å². The molecule has 4 heteroatoms. The van der Waals surface area contributed by atoms with Gasteiger partial charge in [0.1, 0.15) is 18.2 Å². The predicted molar refractivity (Wildman–Crippen MR) is 77.0 cm³/mol. The van der Waals surface area contributed by atoms with Gasteiger partial charge in [0.05, 0.1) is 0 Å². The number of hydrogen-bond acceptors (Lipinski definition) is 3. The van der Waals surface area contributed by atoms with Gasteiger partial charge < -0.3 is 10.5 Å². The number of benzene rings is 1. The highest BCUT2D eigenvalue weighted by Crippen LogP contribution is 2.26. The number of ether oxygens (including phenoxy) is 1. The maximum absolute atomic E-state index is 13.2. The fraction of sp³-hybridized carbons (Fsp3) is 0.333. The van der Waals surface area contributed by atoms with Crippen LogP contribution in [0, 0.1) is 5.82 Å². The summed E-state index contributed by atoms with van der Waals surface area (Å²) in [7, 11) is 0. The van der Waals surface area contributed by atoms with Gasteiger partial charge in [0.2, 0.25) is 0 Å². The molecule has 0 aliphatic carbocycles. The number of rotatable bonds is 5. The number of halogens is 1. The van der Waals surface area contributed by atoms with Crippen molar-refractivity contribution in [2.24, 2.45) is 5.73 Å². The van der Waals surface area contributed by atoms with Gasteiger partial charge >= 0.3 is 0 Å². The molecule has 0 aliphatic heterocycles. The van der Waals surface area contributed by atoms with E-state index in [1.807, 2.05) is 6.92 Å². The Hall–Kier alpha value is -1.39. The molecular formula is C15H18FNOS. The first-order valence-electron chi connectivity index (χ1n) is 6.35. The molecule has 2 N–H and O–H groups in total. The van der Waals surface area contributed by atoms with Crippen molar-refractivity contribution in [3.8, 4) is 5.75 Å². The number of nitrogens with two attached hydrogens (primary N) is 1. The molecule has 0 amide bonds. The lowest BCUT2D eigenvalue weighted by Gasteiger charge is -2.13. The topological polar surface area (TPSA) is 35.2 Å². The minimum absolute atomic E-state index is 0.250. The molecule has 1 heterocycles. The molecule has 1 aromatic heterocycles. The highest BCUT2D eigenvalue weighted by molar-refractivity contribution is 7.11. The fourth-order valence-electron chi connectivity index (χ4n) is 1.85. The van der Waals surface area contributed by atoms with Crippen LogP contribution in [0.2, 0.25) is 0 Å². The van der Waals surface area contributed by atoms with Crippen molar-refractivity contribution in [2.45, 2.75) is 32.9 Å². The summed E-state index contributed by atoms with van der Waals surface area (Å²) in [6.45, 7) is 4.45. The Labute approximate surface area is 117 Å². The lowest BCUT2D eigenvalue weighted by molar-refractivity contribution is 0.304. The van der Waals surface area contributed by atoms with E-state index in [0.29, 0.717) is 17.9 Å². The summed E-state index contributed by atoms with van der Waals surface area (Å²) in [5.41, 5.74) is 6.54. The summed E-state index contributed by atoms with van der Waals surface area (Å²) < 4.78 is 19.0. The van der Waals surface area contributed by atoms with Crippen LogP contribution in [0.4, 0.5) is 4.39 Å². The van der Waals surface area contributed by atoms with Gasteiger partial charge in [-0.1, -0.05) is 6.92 Å². The van der Waals surface area contributed by atoms with Crippen molar-refractivity contribution in [1.29, 1.82) is 0 Å². The van der Waals surface area contributed by atoms with E-state index >= 15 is 0 Å². The van der Waals surface area contributed by atoms with Crippen molar-refractivity contribution in [2.75, 3.05) is 0 Å². The predicted octanol–water partition coefficient (Wildman–Crippen LogP) is 4.05. The summed E-state index contributed by atoms with van der Waals surface area (Å²) in [6.07, 6.45) is 1.03. The molecule has 1 atom stereocenters. The molecule has 19 heavy (non-hydrogen) atoms. The monoisotopic (exact) mass is 279 g/mol. The van der Waals surface area contributed by atoms with E-state index in [1.54, 1.807) is 17.4 Å². The Kier molecular flexibility index (Phi) is 4.56. The highest BCUT2D eigenvalue weighted by atomic mass is 32.1. The van der Waals surface area contributed by atoms with Gasteiger partial charge in [0.25, 0.3) is 0 Å². The molecule has 2 rings (SSSR count). The van der Waals surface area contributed by atoms with E-state index in [9.17, 15) is 4.39 Å². The average molecular weight is 279 g/mol. The van der Waals surface area contributed by atoms with Crippen LogP contribution in [-0.4, -0.2) is 0 Å². The zero-order valence-corrected chi connectivity index (χ0v) is 12.0. The molecule has 1 aromatic carbocycles. The molecule has 102 valence electrons. The van der Waals surface area contributed by atoms with Crippen LogP contribution >= 0.6 is 11.3 Å². The second-order valence-electron chi connectivity index (χ2n) is 4.48. The normalized spacial score (nSPS) is 12.4. The molecule has 0 bridgehead atoms. The number of thiophene rings is 1. The van der Waals surface area contributed by atoms with Crippen molar-refractivity contribution in [1.82, 2.24) is 0 Å². The molecule has 0 aliphatic rings. The molecule has 2 nitrogen and oxygen atoms in total. The first-order chi connectivity index (χ1) is 9.10. The van der Waals surface area contributed by atoms with Crippen molar-refractivity contribution >= 4 is 11.3 Å². The summed E-state index contributed by atoms with van der Waals surface area (Å²) in [5, 5.41) is 0. The molecule has 0 saturated heterocycles. The number of aryl methyl sites for hydroxylation is 1. The van der Waals surface area contributed by atoms with E-state index < -0.39 is 0 Å². The molecule has 0 fully saturated rings. The van der Waals surface area contributed by atoms with Gasteiger partial charge in [-0.05, 0) is 43.7 Å². The Morgan fingerprint density at radius 3 is 2.63 bits per heavy atom. The Morgan fingerprint density at radius 2 is 2.00 bits per heavy atom. The van der Waals surface area contributed by atoms with E-state index in [-0.39, 0.29) is 11.9 Å². The molecular weight excluding hydrogens is 261 g/mol. The minimum atomic E-state index is -0.288. The summed E-state index contributed by atoms with van der Waals surface area (Å²) in [4.78, 5) is 2.50. The molecule has 0 spiro atoms. The summed E-state index contributed by atoms with van der Waals surface area (Å²) >= 11 is 1.74. The van der Waals surface area contributed by atoms with Crippen LogP contribution in [0.25, 0.3) is 0 Å². The Bertz CT molecular complexity index is 551. The zero-order valence-electron chi connectivity index (χ0n) is 11.2. The fourth-order valence-corrected chi connectivity index (χ4v) is 2.72. The van der Waals surface area contributed by atoms with Gasteiger partial charge in [-0.15, -0.1) is 11.3 Å². The second-order valence-corrected chi connectivity index (χ2v) is 5.73. The Morgan fingerprint density at radius 1 is 1.26 bits per heavy atom. The SMILES string of the molecule is CCc1ccc(COc2ccc(F)cc2[C@@H](C)N)s1. The van der Waals surface area contributed by atoms with E-state index in [4.69, 9.17) is 10.5 Å². The Balaban J connectivity index is 2.10.